The summed E-state index contributed by atoms with van der Waals surface area (Å²) >= 11 is 0. The Balaban J connectivity index is 2.03. The number of carbonyl (C=O) groups excluding carboxylic acids is 1. The van der Waals surface area contributed by atoms with Gasteiger partial charge in [-0.15, -0.1) is 0 Å². The summed E-state index contributed by atoms with van der Waals surface area (Å²) in [4.78, 5) is 11.9. The van der Waals surface area contributed by atoms with Crippen molar-refractivity contribution in [1.29, 1.82) is 0 Å². The van der Waals surface area contributed by atoms with Crippen LogP contribution in [0, 0.1) is 5.92 Å². The summed E-state index contributed by atoms with van der Waals surface area (Å²) in [5.74, 6) is 0.734. The van der Waals surface area contributed by atoms with Crippen LogP contribution in [-0.2, 0) is 14.3 Å². The topological polar surface area (TPSA) is 35.5 Å². The second-order valence-electron chi connectivity index (χ2n) is 5.01. The van der Waals surface area contributed by atoms with E-state index in [1.807, 2.05) is 13.8 Å². The lowest BCUT2D eigenvalue weighted by atomic mass is 9.94. The smallest absolute Gasteiger partial charge is 0.337 e. The van der Waals surface area contributed by atoms with Crippen LogP contribution in [0.4, 0.5) is 0 Å². The van der Waals surface area contributed by atoms with E-state index >= 15 is 0 Å². The number of allylic oxidation sites excluding steroid dienone is 2. The van der Waals surface area contributed by atoms with Crippen LogP contribution in [-0.4, -0.2) is 18.7 Å². The maximum atomic E-state index is 11.9. The minimum Gasteiger partial charge on any atom is -0.490 e. The van der Waals surface area contributed by atoms with E-state index in [1.54, 1.807) is 0 Å². The summed E-state index contributed by atoms with van der Waals surface area (Å²) in [5.41, 5.74) is 2.19. The molecule has 0 aromatic heterocycles. The van der Waals surface area contributed by atoms with Crippen LogP contribution in [0.5, 0.6) is 0 Å². The predicted molar refractivity (Wildman–Crippen MR) is 69.9 cm³/mol. The van der Waals surface area contributed by atoms with Crippen LogP contribution in [0.25, 0.3) is 0 Å². The maximum Gasteiger partial charge on any atom is 0.337 e. The van der Waals surface area contributed by atoms with Crippen LogP contribution >= 0.6 is 0 Å². The molecular weight excluding hydrogens is 228 g/mol. The van der Waals surface area contributed by atoms with Gasteiger partial charge in [-0.1, -0.05) is 18.9 Å². The zero-order valence-electron chi connectivity index (χ0n) is 11.5. The van der Waals surface area contributed by atoms with Crippen LogP contribution in [0.2, 0.25) is 0 Å². The van der Waals surface area contributed by atoms with Crippen LogP contribution < -0.4 is 0 Å². The number of unbranched alkanes of at least 4 members (excludes halogenated alkanes) is 1. The van der Waals surface area contributed by atoms with Crippen molar-refractivity contribution in [2.75, 3.05) is 6.61 Å². The zero-order valence-corrected chi connectivity index (χ0v) is 11.5. The van der Waals surface area contributed by atoms with Crippen molar-refractivity contribution in [2.24, 2.45) is 5.92 Å². The third-order valence-electron chi connectivity index (χ3n) is 3.69. The number of hydrogen-bond donors (Lipinski definition) is 0. The highest BCUT2D eigenvalue weighted by Crippen LogP contribution is 2.42. The number of rotatable bonds is 5. The molecule has 2 rings (SSSR count). The highest BCUT2D eigenvalue weighted by Gasteiger charge is 2.41. The molecule has 0 aromatic carbocycles. The highest BCUT2D eigenvalue weighted by molar-refractivity contribution is 5.90. The van der Waals surface area contributed by atoms with Gasteiger partial charge in [0.25, 0.3) is 0 Å². The van der Waals surface area contributed by atoms with Gasteiger partial charge in [-0.25, -0.2) is 4.79 Å². The molecule has 18 heavy (non-hydrogen) atoms. The second kappa shape index (κ2) is 5.59. The average Bonchev–Trinajstić information content (AvgIpc) is 2.82. The Morgan fingerprint density at radius 3 is 2.94 bits per heavy atom. The minimum absolute atomic E-state index is 0.0660. The molecule has 2 unspecified atom stereocenters. The number of esters is 1. The van der Waals surface area contributed by atoms with E-state index in [-0.39, 0.29) is 18.0 Å². The fraction of sp³-hybridized carbons (Fsp3) is 0.667. The molecule has 1 aliphatic heterocycles. The van der Waals surface area contributed by atoms with E-state index in [0.29, 0.717) is 6.61 Å². The SMILES string of the molecule is CCCCC1=CC2OC(C)=C(C(=O)OCC)C2C1. The van der Waals surface area contributed by atoms with Gasteiger partial charge in [-0.2, -0.15) is 0 Å². The molecule has 1 aliphatic carbocycles. The molecule has 0 bridgehead atoms. The van der Waals surface area contributed by atoms with E-state index in [0.717, 1.165) is 24.2 Å². The van der Waals surface area contributed by atoms with Gasteiger partial charge in [0.15, 0.2) is 0 Å². The Morgan fingerprint density at radius 1 is 1.50 bits per heavy atom. The predicted octanol–water partition coefficient (Wildman–Crippen LogP) is 3.36. The summed E-state index contributed by atoms with van der Waals surface area (Å²) in [6.45, 7) is 6.31. The van der Waals surface area contributed by atoms with Crippen molar-refractivity contribution >= 4 is 5.97 Å². The average molecular weight is 250 g/mol. The largest absolute Gasteiger partial charge is 0.490 e. The Bertz CT molecular complexity index is 393. The monoisotopic (exact) mass is 250 g/mol. The van der Waals surface area contributed by atoms with Gasteiger partial charge >= 0.3 is 5.97 Å². The van der Waals surface area contributed by atoms with Crippen molar-refractivity contribution < 1.29 is 14.3 Å². The van der Waals surface area contributed by atoms with Crippen molar-refractivity contribution in [3.8, 4) is 0 Å². The molecule has 0 N–H and O–H groups in total. The molecule has 1 heterocycles. The number of ether oxygens (including phenoxy) is 2. The maximum absolute atomic E-state index is 11.9. The van der Waals surface area contributed by atoms with Gasteiger partial charge in [0.05, 0.1) is 12.2 Å². The Hall–Kier alpha value is -1.25. The molecule has 2 atom stereocenters. The van der Waals surface area contributed by atoms with E-state index < -0.39 is 0 Å². The fourth-order valence-electron chi connectivity index (χ4n) is 2.82. The minimum atomic E-state index is -0.201. The van der Waals surface area contributed by atoms with Crippen LogP contribution in [0.3, 0.4) is 0 Å². The van der Waals surface area contributed by atoms with Gasteiger partial charge in [0.1, 0.15) is 11.9 Å². The van der Waals surface area contributed by atoms with E-state index in [9.17, 15) is 4.79 Å². The van der Waals surface area contributed by atoms with Crippen molar-refractivity contribution in [2.45, 2.75) is 52.6 Å². The Kier molecular flexibility index (Phi) is 4.10. The Morgan fingerprint density at radius 2 is 2.28 bits per heavy atom. The first-order valence-corrected chi connectivity index (χ1v) is 6.91. The standard InChI is InChI=1S/C15H22O3/c1-4-6-7-11-8-12-13(9-11)18-10(3)14(12)15(16)17-5-2/h9,12-13H,4-8H2,1-3H3. The van der Waals surface area contributed by atoms with E-state index in [1.165, 1.54) is 18.4 Å². The molecule has 0 fully saturated rings. The first-order valence-electron chi connectivity index (χ1n) is 6.91. The molecule has 3 nitrogen and oxygen atoms in total. The van der Waals surface area contributed by atoms with Crippen molar-refractivity contribution in [3.05, 3.63) is 23.0 Å². The van der Waals surface area contributed by atoms with Gasteiger partial charge in [-0.3, -0.25) is 0 Å². The van der Waals surface area contributed by atoms with Gasteiger partial charge in [-0.05, 0) is 39.2 Å². The number of carbonyl (C=O) groups is 1. The molecular formula is C15H22O3. The molecule has 0 aromatic rings. The van der Waals surface area contributed by atoms with E-state index in [2.05, 4.69) is 13.0 Å². The lowest BCUT2D eigenvalue weighted by molar-refractivity contribution is -0.139. The third kappa shape index (κ3) is 2.45. The van der Waals surface area contributed by atoms with Gasteiger partial charge < -0.3 is 9.47 Å². The summed E-state index contributed by atoms with van der Waals surface area (Å²) in [6.07, 6.45) is 6.76. The third-order valence-corrected chi connectivity index (χ3v) is 3.69. The molecule has 0 radical (unpaired) electrons. The molecule has 100 valence electrons. The van der Waals surface area contributed by atoms with Crippen molar-refractivity contribution in [1.82, 2.24) is 0 Å². The molecule has 0 amide bonds. The lowest BCUT2D eigenvalue weighted by Crippen LogP contribution is -2.18. The first-order chi connectivity index (χ1) is 8.67. The second-order valence-corrected chi connectivity index (χ2v) is 5.01. The summed E-state index contributed by atoms with van der Waals surface area (Å²) in [7, 11) is 0. The molecule has 0 saturated heterocycles. The normalized spacial score (nSPS) is 25.8. The highest BCUT2D eigenvalue weighted by atomic mass is 16.5. The summed E-state index contributed by atoms with van der Waals surface area (Å²) < 4.78 is 10.9. The zero-order chi connectivity index (χ0) is 13.1. The molecule has 0 spiro atoms. The van der Waals surface area contributed by atoms with Crippen LogP contribution in [0.1, 0.15) is 46.5 Å². The molecule has 3 heteroatoms. The Labute approximate surface area is 109 Å². The van der Waals surface area contributed by atoms with Gasteiger partial charge in [0.2, 0.25) is 0 Å². The van der Waals surface area contributed by atoms with E-state index in [4.69, 9.17) is 9.47 Å². The summed E-state index contributed by atoms with van der Waals surface area (Å²) in [6, 6.07) is 0. The number of hydrogen-bond acceptors (Lipinski definition) is 3. The fourth-order valence-corrected chi connectivity index (χ4v) is 2.82. The first kappa shape index (κ1) is 13.2. The van der Waals surface area contributed by atoms with Gasteiger partial charge in [0, 0.05) is 5.92 Å². The molecule has 2 aliphatic rings. The number of fused-ring (bicyclic) bond motifs is 1. The molecule has 0 saturated carbocycles. The lowest BCUT2D eigenvalue weighted by Gasteiger charge is -2.11. The summed E-state index contributed by atoms with van der Waals surface area (Å²) in [5, 5.41) is 0. The van der Waals surface area contributed by atoms with Crippen molar-refractivity contribution in [3.63, 3.8) is 0 Å². The van der Waals surface area contributed by atoms with Crippen LogP contribution in [0.15, 0.2) is 23.0 Å². The quantitative estimate of drug-likeness (QED) is 0.554.